The number of aromatic nitrogens is 2. The molecule has 6 rings (SSSR count). The summed E-state index contributed by atoms with van der Waals surface area (Å²) in [7, 11) is -4.26. The average molecular weight is 740 g/mol. The first-order valence-electron chi connectivity index (χ1n) is 16.2. The molecule has 1 aromatic heterocycles. The molecular formula is C34H37N5O8S3. The molecule has 0 radical (unpaired) electrons. The van der Waals surface area contributed by atoms with E-state index in [0.717, 1.165) is 32.6 Å². The van der Waals surface area contributed by atoms with Gasteiger partial charge in [-0.1, -0.05) is 42.1 Å². The predicted molar refractivity (Wildman–Crippen MR) is 186 cm³/mol. The molecule has 4 aromatic rings. The molecular weight excluding hydrogens is 703 g/mol. The van der Waals surface area contributed by atoms with Gasteiger partial charge in [-0.3, -0.25) is 19.1 Å². The van der Waals surface area contributed by atoms with Crippen molar-refractivity contribution in [3.05, 3.63) is 78.0 Å². The maximum atomic E-state index is 12.8. The molecule has 16 heteroatoms. The summed E-state index contributed by atoms with van der Waals surface area (Å²) in [6.07, 6.45) is 2.98. The van der Waals surface area contributed by atoms with E-state index in [2.05, 4.69) is 68.3 Å². The van der Waals surface area contributed by atoms with Crippen molar-refractivity contribution >= 4 is 56.6 Å². The van der Waals surface area contributed by atoms with Crippen molar-refractivity contribution in [1.82, 2.24) is 15.0 Å². The van der Waals surface area contributed by atoms with Crippen molar-refractivity contribution in [2.24, 2.45) is 0 Å². The second kappa shape index (κ2) is 16.2. The topological polar surface area (TPSA) is 149 Å². The summed E-state index contributed by atoms with van der Waals surface area (Å²) in [6, 6.07) is 22.5. The molecule has 2 aliphatic heterocycles. The maximum absolute atomic E-state index is 12.8. The number of piperazine rings is 1. The van der Waals surface area contributed by atoms with Crippen molar-refractivity contribution in [3.8, 4) is 5.88 Å². The number of rotatable bonds is 14. The lowest BCUT2D eigenvalue weighted by molar-refractivity contribution is -0.832. The molecule has 1 amide bonds. The normalized spacial score (nSPS) is 14.6. The van der Waals surface area contributed by atoms with E-state index in [1.54, 1.807) is 22.7 Å². The SMILES string of the molecule is CSc1ccc2c(c1)N(CCCN1CCN(C(=O)CCC(=O)OCCOc3no[n+]([O-])c3S(=O)(=O)c3ccccc3)CC1)c1ccccc1S2. The molecule has 0 N–H and O–H groups in total. The van der Waals surface area contributed by atoms with E-state index in [9.17, 15) is 23.2 Å². The van der Waals surface area contributed by atoms with Crippen molar-refractivity contribution in [1.29, 1.82) is 0 Å². The number of thioether (sulfide) groups is 1. The van der Waals surface area contributed by atoms with Crippen LogP contribution in [0.4, 0.5) is 11.4 Å². The highest BCUT2D eigenvalue weighted by molar-refractivity contribution is 8.00. The molecule has 2 aliphatic rings. The van der Waals surface area contributed by atoms with Gasteiger partial charge in [0.2, 0.25) is 5.91 Å². The van der Waals surface area contributed by atoms with Crippen molar-refractivity contribution in [2.45, 2.75) is 43.9 Å². The number of esters is 1. The molecule has 0 bridgehead atoms. The van der Waals surface area contributed by atoms with Crippen LogP contribution in [-0.2, 0) is 24.2 Å². The van der Waals surface area contributed by atoms with Gasteiger partial charge in [0.15, 0.2) is 0 Å². The Bertz CT molecular complexity index is 1920. The van der Waals surface area contributed by atoms with E-state index in [-0.39, 0.29) is 41.8 Å². The number of hydrogen-bond donors (Lipinski definition) is 0. The Morgan fingerprint density at radius 1 is 0.940 bits per heavy atom. The zero-order valence-corrected chi connectivity index (χ0v) is 29.9. The zero-order valence-electron chi connectivity index (χ0n) is 27.4. The van der Waals surface area contributed by atoms with Crippen LogP contribution in [0.15, 0.2) is 102 Å². The third kappa shape index (κ3) is 8.20. The highest BCUT2D eigenvalue weighted by Crippen LogP contribution is 2.48. The van der Waals surface area contributed by atoms with E-state index >= 15 is 0 Å². The summed E-state index contributed by atoms with van der Waals surface area (Å²) in [4.78, 5) is 35.1. The van der Waals surface area contributed by atoms with Crippen LogP contribution in [0.5, 0.6) is 5.88 Å². The van der Waals surface area contributed by atoms with Gasteiger partial charge in [0.1, 0.15) is 13.2 Å². The summed E-state index contributed by atoms with van der Waals surface area (Å²) < 4.78 is 40.6. The number of carbonyl (C=O) groups excluding carboxylic acids is 2. The number of hydrogen-bond acceptors (Lipinski definition) is 13. The molecule has 1 saturated heterocycles. The van der Waals surface area contributed by atoms with E-state index in [4.69, 9.17) is 9.47 Å². The van der Waals surface area contributed by atoms with Gasteiger partial charge < -0.3 is 24.5 Å². The van der Waals surface area contributed by atoms with Crippen LogP contribution < -0.4 is 14.5 Å². The highest BCUT2D eigenvalue weighted by atomic mass is 32.2. The average Bonchev–Trinajstić information content (AvgIpc) is 3.53. The fourth-order valence-electron chi connectivity index (χ4n) is 5.82. The third-order valence-electron chi connectivity index (χ3n) is 8.40. The van der Waals surface area contributed by atoms with E-state index < -0.39 is 26.7 Å². The van der Waals surface area contributed by atoms with Crippen LogP contribution in [-0.4, -0.2) is 94.0 Å². The summed E-state index contributed by atoms with van der Waals surface area (Å²) in [6.45, 7) is 4.01. The summed E-state index contributed by atoms with van der Waals surface area (Å²) in [5.74, 6) is -1.25. The standard InChI is InChI=1S/C34H37N5O8S3/c1-48-25-12-13-30-28(24-25)38(27-10-5-6-11-29(27)49-30)17-7-16-36-18-20-37(21-19-36)31(40)14-15-32(41)45-22-23-46-33-34(39(42)47-35-33)50(43,44)26-8-3-2-4-9-26/h2-6,8-13,24H,7,14-23H2,1H3. The lowest BCUT2D eigenvalue weighted by Crippen LogP contribution is -2.49. The Hall–Kier alpha value is -4.25. The number of fused-ring (bicyclic) bond motifs is 2. The molecule has 1 fully saturated rings. The number of carbonyl (C=O) groups is 2. The number of para-hydroxylation sites is 1. The Balaban J connectivity index is 0.899. The summed E-state index contributed by atoms with van der Waals surface area (Å²) in [5, 5.41) is 14.6. The number of amides is 1. The summed E-state index contributed by atoms with van der Waals surface area (Å²) >= 11 is 3.56. The third-order valence-corrected chi connectivity index (χ3v) is 12.0. The van der Waals surface area contributed by atoms with Crippen molar-refractivity contribution in [3.63, 3.8) is 0 Å². The quantitative estimate of drug-likeness (QED) is 0.0779. The van der Waals surface area contributed by atoms with Crippen molar-refractivity contribution in [2.75, 3.05) is 63.6 Å². The van der Waals surface area contributed by atoms with Gasteiger partial charge in [0, 0.05) is 53.8 Å². The van der Waals surface area contributed by atoms with Crippen LogP contribution in [0.25, 0.3) is 0 Å². The zero-order chi connectivity index (χ0) is 35.1. The van der Waals surface area contributed by atoms with Gasteiger partial charge in [0.25, 0.3) is 9.84 Å². The first kappa shape index (κ1) is 35.6. The molecule has 50 heavy (non-hydrogen) atoms. The molecule has 0 unspecified atom stereocenters. The largest absolute Gasteiger partial charge is 0.462 e. The van der Waals surface area contributed by atoms with Gasteiger partial charge >= 0.3 is 16.9 Å². The van der Waals surface area contributed by atoms with Crippen LogP contribution in [0.1, 0.15) is 19.3 Å². The molecule has 3 heterocycles. The number of anilines is 2. The number of ether oxygens (including phenoxy) is 2. The lowest BCUT2D eigenvalue weighted by Gasteiger charge is -2.36. The smallest absolute Gasteiger partial charge is 0.415 e. The van der Waals surface area contributed by atoms with Gasteiger partial charge in [-0.25, -0.2) is 8.42 Å². The second-order valence-corrected chi connectivity index (χ2v) is 15.4. The molecule has 13 nitrogen and oxygen atoms in total. The molecule has 0 spiro atoms. The Morgan fingerprint density at radius 2 is 1.68 bits per heavy atom. The fraction of sp³-hybridized carbons (Fsp3) is 0.353. The maximum Gasteiger partial charge on any atom is 0.415 e. The van der Waals surface area contributed by atoms with E-state index in [1.165, 1.54) is 50.3 Å². The van der Waals surface area contributed by atoms with Crippen LogP contribution in [0.3, 0.4) is 0 Å². The number of sulfone groups is 1. The molecule has 0 aliphatic carbocycles. The van der Waals surface area contributed by atoms with E-state index in [1.807, 2.05) is 11.8 Å². The molecule has 3 aromatic carbocycles. The van der Waals surface area contributed by atoms with Crippen LogP contribution in [0.2, 0.25) is 0 Å². The van der Waals surface area contributed by atoms with Crippen LogP contribution >= 0.6 is 23.5 Å². The number of benzene rings is 3. The Morgan fingerprint density at radius 3 is 2.46 bits per heavy atom. The van der Waals surface area contributed by atoms with E-state index in [0.29, 0.717) is 13.1 Å². The van der Waals surface area contributed by atoms with Gasteiger partial charge in [-0.05, 0) is 66.6 Å². The first-order chi connectivity index (χ1) is 24.2. The minimum atomic E-state index is -4.26. The first-order valence-corrected chi connectivity index (χ1v) is 19.7. The number of nitrogens with zero attached hydrogens (tertiary/aromatic N) is 5. The summed E-state index contributed by atoms with van der Waals surface area (Å²) in [5.41, 5.74) is 2.48. The lowest BCUT2D eigenvalue weighted by atomic mass is 10.2. The fourth-order valence-corrected chi connectivity index (χ4v) is 8.63. The predicted octanol–water partition coefficient (Wildman–Crippen LogP) is 4.40. The minimum Gasteiger partial charge on any atom is -0.462 e. The second-order valence-electron chi connectivity index (χ2n) is 11.6. The van der Waals surface area contributed by atoms with Crippen molar-refractivity contribution < 1.29 is 37.0 Å². The Labute approximate surface area is 298 Å². The molecule has 0 saturated carbocycles. The Kier molecular flexibility index (Phi) is 11.5. The highest BCUT2D eigenvalue weighted by Gasteiger charge is 2.36. The monoisotopic (exact) mass is 739 g/mol. The van der Waals surface area contributed by atoms with Gasteiger partial charge in [-0.15, -0.1) is 11.8 Å². The molecule has 264 valence electrons. The minimum absolute atomic E-state index is 0.0163. The van der Waals surface area contributed by atoms with Crippen LogP contribution in [0, 0.1) is 5.21 Å². The van der Waals surface area contributed by atoms with Gasteiger partial charge in [-0.2, -0.15) is 0 Å². The van der Waals surface area contributed by atoms with Gasteiger partial charge in [0.05, 0.1) is 27.8 Å². The molecule has 0 atom stereocenters.